The molecule has 0 radical (unpaired) electrons. The maximum Gasteiger partial charge on any atom is 0.254 e. The quantitative estimate of drug-likeness (QED) is 0.892. The molecule has 1 aliphatic carbocycles. The molecule has 6 heteroatoms. The Hall–Kier alpha value is -1.40. The van der Waals surface area contributed by atoms with E-state index < -0.39 is 15.9 Å². The minimum atomic E-state index is -3.01. The molecule has 1 aromatic carbocycles. The Balaban J connectivity index is 1.70. The van der Waals surface area contributed by atoms with E-state index in [4.69, 9.17) is 4.74 Å². The number of rotatable bonds is 5. The van der Waals surface area contributed by atoms with Gasteiger partial charge >= 0.3 is 0 Å². The molecule has 1 aromatic rings. The second-order valence-corrected chi connectivity index (χ2v) is 8.67. The van der Waals surface area contributed by atoms with Gasteiger partial charge in [0.1, 0.15) is 0 Å². The predicted molar refractivity (Wildman–Crippen MR) is 87.7 cm³/mol. The van der Waals surface area contributed by atoms with E-state index in [2.05, 4.69) is 5.32 Å². The number of sulfone groups is 1. The highest BCUT2D eigenvalue weighted by Crippen LogP contribution is 2.28. The SMILES string of the molecule is O=C(N[C@H]1CCS(=O)(=O)C1)[C@@H](OC1CCCC1)c1ccccc1. The molecule has 0 aromatic heterocycles. The maximum atomic E-state index is 12.7. The van der Waals surface area contributed by atoms with Crippen molar-refractivity contribution < 1.29 is 17.9 Å². The third kappa shape index (κ3) is 4.32. The number of amides is 1. The lowest BCUT2D eigenvalue weighted by atomic mass is 10.1. The summed E-state index contributed by atoms with van der Waals surface area (Å²) in [5.74, 6) is -0.0496. The van der Waals surface area contributed by atoms with Crippen LogP contribution < -0.4 is 5.32 Å². The van der Waals surface area contributed by atoms with Gasteiger partial charge in [-0.3, -0.25) is 4.79 Å². The Morgan fingerprint density at radius 1 is 1.13 bits per heavy atom. The first-order chi connectivity index (χ1) is 11.0. The molecule has 0 unspecified atom stereocenters. The second-order valence-electron chi connectivity index (χ2n) is 6.44. The molecule has 23 heavy (non-hydrogen) atoms. The average Bonchev–Trinajstić information content (AvgIpc) is 3.15. The molecule has 1 heterocycles. The summed E-state index contributed by atoms with van der Waals surface area (Å²) in [6.45, 7) is 0. The van der Waals surface area contributed by atoms with Crippen molar-refractivity contribution >= 4 is 15.7 Å². The van der Waals surface area contributed by atoms with Gasteiger partial charge in [-0.15, -0.1) is 0 Å². The number of hydrogen-bond donors (Lipinski definition) is 1. The maximum absolute atomic E-state index is 12.7. The molecule has 126 valence electrons. The summed E-state index contributed by atoms with van der Waals surface area (Å²) in [5.41, 5.74) is 0.817. The molecule has 0 bridgehead atoms. The van der Waals surface area contributed by atoms with Crippen LogP contribution >= 0.6 is 0 Å². The summed E-state index contributed by atoms with van der Waals surface area (Å²) in [4.78, 5) is 12.7. The highest BCUT2D eigenvalue weighted by atomic mass is 32.2. The lowest BCUT2D eigenvalue weighted by molar-refractivity contribution is -0.137. The van der Waals surface area contributed by atoms with Crippen molar-refractivity contribution in [3.8, 4) is 0 Å². The molecule has 1 saturated carbocycles. The first-order valence-corrected chi connectivity index (χ1v) is 10.1. The summed E-state index contributed by atoms with van der Waals surface area (Å²) in [6.07, 6.45) is 4.16. The van der Waals surface area contributed by atoms with Gasteiger partial charge in [-0.25, -0.2) is 8.42 Å². The normalized spacial score (nSPS) is 25.3. The van der Waals surface area contributed by atoms with Crippen molar-refractivity contribution in [1.82, 2.24) is 5.32 Å². The van der Waals surface area contributed by atoms with E-state index in [0.717, 1.165) is 31.2 Å². The number of ether oxygens (including phenoxy) is 1. The van der Waals surface area contributed by atoms with Crippen LogP contribution in [0.2, 0.25) is 0 Å². The molecule has 2 atom stereocenters. The molecule has 1 saturated heterocycles. The number of carbonyl (C=O) groups excluding carboxylic acids is 1. The van der Waals surface area contributed by atoms with Crippen LogP contribution in [0.4, 0.5) is 0 Å². The van der Waals surface area contributed by atoms with Gasteiger partial charge in [-0.1, -0.05) is 43.2 Å². The van der Waals surface area contributed by atoms with Gasteiger partial charge in [0.15, 0.2) is 15.9 Å². The summed E-state index contributed by atoms with van der Waals surface area (Å²) in [6, 6.07) is 9.12. The molecule has 3 rings (SSSR count). The van der Waals surface area contributed by atoms with E-state index in [9.17, 15) is 13.2 Å². The fraction of sp³-hybridized carbons (Fsp3) is 0.588. The van der Waals surface area contributed by atoms with E-state index in [0.29, 0.717) is 6.42 Å². The summed E-state index contributed by atoms with van der Waals surface area (Å²) in [5, 5.41) is 2.86. The summed E-state index contributed by atoms with van der Waals surface area (Å²) in [7, 11) is -3.01. The van der Waals surface area contributed by atoms with Crippen molar-refractivity contribution in [2.24, 2.45) is 0 Å². The van der Waals surface area contributed by atoms with Gasteiger partial charge in [0.2, 0.25) is 0 Å². The van der Waals surface area contributed by atoms with E-state index >= 15 is 0 Å². The largest absolute Gasteiger partial charge is 0.360 e. The molecule has 1 aliphatic heterocycles. The molecule has 2 aliphatic rings. The predicted octanol–water partition coefficient (Wildman–Crippen LogP) is 1.99. The lowest BCUT2D eigenvalue weighted by Crippen LogP contribution is -2.40. The third-order valence-electron chi connectivity index (χ3n) is 4.55. The first-order valence-electron chi connectivity index (χ1n) is 8.25. The fourth-order valence-electron chi connectivity index (χ4n) is 3.32. The number of hydrogen-bond acceptors (Lipinski definition) is 4. The van der Waals surface area contributed by atoms with Crippen LogP contribution in [0.15, 0.2) is 30.3 Å². The van der Waals surface area contributed by atoms with E-state index in [1.54, 1.807) is 0 Å². The Morgan fingerprint density at radius 3 is 2.43 bits per heavy atom. The molecule has 5 nitrogen and oxygen atoms in total. The Morgan fingerprint density at radius 2 is 1.83 bits per heavy atom. The van der Waals surface area contributed by atoms with Crippen molar-refractivity contribution in [3.05, 3.63) is 35.9 Å². The highest BCUT2D eigenvalue weighted by Gasteiger charge is 2.33. The number of benzene rings is 1. The molecular formula is C17H23NO4S. The Bertz CT molecular complexity index is 638. The standard InChI is InChI=1S/C17H23NO4S/c19-17(18-14-10-11-23(20,21)12-14)16(13-6-2-1-3-7-13)22-15-8-4-5-9-15/h1-3,6-7,14-16H,4-5,8-12H2,(H,18,19)/t14-,16-/m0/s1. The van der Waals surface area contributed by atoms with Crippen molar-refractivity contribution in [2.45, 2.75) is 50.4 Å². The summed E-state index contributed by atoms with van der Waals surface area (Å²) < 4.78 is 29.2. The lowest BCUT2D eigenvalue weighted by Gasteiger charge is -2.23. The number of carbonyl (C=O) groups is 1. The zero-order valence-electron chi connectivity index (χ0n) is 13.1. The molecule has 1 amide bonds. The minimum absolute atomic E-state index is 0.0314. The van der Waals surface area contributed by atoms with Crippen molar-refractivity contribution in [2.75, 3.05) is 11.5 Å². The second kappa shape index (κ2) is 7.01. The van der Waals surface area contributed by atoms with Crippen molar-refractivity contribution in [3.63, 3.8) is 0 Å². The van der Waals surface area contributed by atoms with Crippen molar-refractivity contribution in [1.29, 1.82) is 0 Å². The van der Waals surface area contributed by atoms with Gasteiger partial charge in [-0.05, 0) is 24.8 Å². The van der Waals surface area contributed by atoms with Crippen LogP contribution in [0.5, 0.6) is 0 Å². The molecule has 0 spiro atoms. The topological polar surface area (TPSA) is 72.5 Å². The van der Waals surface area contributed by atoms with Gasteiger partial charge in [0.05, 0.1) is 17.6 Å². The molecule has 2 fully saturated rings. The van der Waals surface area contributed by atoms with E-state index in [1.807, 2.05) is 30.3 Å². The minimum Gasteiger partial charge on any atom is -0.360 e. The fourth-order valence-corrected chi connectivity index (χ4v) is 5.00. The van der Waals surface area contributed by atoms with Crippen LogP contribution in [-0.2, 0) is 19.4 Å². The van der Waals surface area contributed by atoms with Crippen LogP contribution in [-0.4, -0.2) is 38.0 Å². The van der Waals surface area contributed by atoms with Gasteiger partial charge in [0, 0.05) is 6.04 Å². The zero-order valence-corrected chi connectivity index (χ0v) is 13.9. The zero-order chi connectivity index (χ0) is 16.3. The van der Waals surface area contributed by atoms with Gasteiger partial charge in [-0.2, -0.15) is 0 Å². The van der Waals surface area contributed by atoms with Gasteiger partial charge < -0.3 is 10.1 Å². The van der Waals surface area contributed by atoms with Crippen LogP contribution in [0, 0.1) is 0 Å². The summed E-state index contributed by atoms with van der Waals surface area (Å²) >= 11 is 0. The Kier molecular flexibility index (Phi) is 5.02. The van der Waals surface area contributed by atoms with Crippen LogP contribution in [0.3, 0.4) is 0 Å². The highest BCUT2D eigenvalue weighted by molar-refractivity contribution is 7.91. The third-order valence-corrected chi connectivity index (χ3v) is 6.32. The Labute approximate surface area is 137 Å². The monoisotopic (exact) mass is 337 g/mol. The molecular weight excluding hydrogens is 314 g/mol. The average molecular weight is 337 g/mol. The smallest absolute Gasteiger partial charge is 0.254 e. The first kappa shape index (κ1) is 16.5. The van der Waals surface area contributed by atoms with Crippen LogP contribution in [0.25, 0.3) is 0 Å². The van der Waals surface area contributed by atoms with E-state index in [1.165, 1.54) is 0 Å². The van der Waals surface area contributed by atoms with Crippen LogP contribution in [0.1, 0.15) is 43.8 Å². The van der Waals surface area contributed by atoms with E-state index in [-0.39, 0.29) is 29.6 Å². The molecule has 1 N–H and O–H groups in total. The van der Waals surface area contributed by atoms with Gasteiger partial charge in [0.25, 0.3) is 5.91 Å². The number of nitrogens with one attached hydrogen (secondary N) is 1.